The van der Waals surface area contributed by atoms with Crippen molar-refractivity contribution >= 4 is 43.3 Å². The second-order valence-electron chi connectivity index (χ2n) is 4.76. The number of thioether (sulfide) groups is 1. The normalized spacial score (nSPS) is 20.8. The summed E-state index contributed by atoms with van der Waals surface area (Å²) in [6, 6.07) is 7.13. The number of Topliss-reactive ketones (excluding diaryl/α,β-unsaturated/α-hetero) is 1. The molecule has 4 nitrogen and oxygen atoms in total. The molecule has 0 N–H and O–H groups in total. The number of rotatable bonds is 4. The molecule has 2 rings (SSSR count). The zero-order chi connectivity index (χ0) is 14.8. The highest BCUT2D eigenvalue weighted by atomic mass is 79.9. The Kier molecular flexibility index (Phi) is 5.28. The number of carbonyl (C=O) groups is 1. The molecule has 20 heavy (non-hydrogen) atoms. The average Bonchev–Trinajstić information content (AvgIpc) is 2.38. The van der Waals surface area contributed by atoms with E-state index >= 15 is 0 Å². The maximum atomic E-state index is 12.2. The number of carbonyl (C=O) groups excluding carboxylic acids is 1. The van der Waals surface area contributed by atoms with Crippen LogP contribution in [0, 0.1) is 0 Å². The highest BCUT2D eigenvalue weighted by Crippen LogP contribution is 2.21. The molecule has 1 heterocycles. The van der Waals surface area contributed by atoms with Gasteiger partial charge in [-0.05, 0) is 12.1 Å². The lowest BCUT2D eigenvalue weighted by Crippen LogP contribution is -2.48. The first-order valence-corrected chi connectivity index (χ1v) is 10.1. The Bertz CT molecular complexity index is 586. The molecule has 0 aliphatic carbocycles. The molecule has 1 saturated heterocycles. The molecule has 0 saturated carbocycles. The van der Waals surface area contributed by atoms with Crippen LogP contribution in [0.2, 0.25) is 0 Å². The number of benzene rings is 1. The summed E-state index contributed by atoms with van der Waals surface area (Å²) in [6.07, 6.45) is 1.24. The summed E-state index contributed by atoms with van der Waals surface area (Å²) in [7, 11) is -3.16. The number of hydrogen-bond donors (Lipinski definition) is 0. The topological polar surface area (TPSA) is 54.5 Å². The van der Waals surface area contributed by atoms with E-state index in [9.17, 15) is 13.2 Å². The van der Waals surface area contributed by atoms with Gasteiger partial charge in [0.1, 0.15) is 5.37 Å². The van der Waals surface area contributed by atoms with Crippen LogP contribution < -0.4 is 0 Å². The largest absolute Gasteiger partial charge is 0.293 e. The fourth-order valence-corrected chi connectivity index (χ4v) is 5.31. The predicted molar refractivity (Wildman–Crippen MR) is 86.0 cm³/mol. The van der Waals surface area contributed by atoms with Gasteiger partial charge in [-0.25, -0.2) is 8.42 Å². The van der Waals surface area contributed by atoms with E-state index in [2.05, 4.69) is 15.9 Å². The van der Waals surface area contributed by atoms with Crippen molar-refractivity contribution in [1.82, 2.24) is 4.90 Å². The second kappa shape index (κ2) is 6.60. The fourth-order valence-electron chi connectivity index (χ4n) is 2.10. The molecule has 0 radical (unpaired) electrons. The molecular weight excluding hydrogens is 362 g/mol. The highest BCUT2D eigenvalue weighted by Gasteiger charge is 2.32. The third kappa shape index (κ3) is 4.07. The van der Waals surface area contributed by atoms with E-state index in [4.69, 9.17) is 0 Å². The quantitative estimate of drug-likeness (QED) is 0.751. The SMILES string of the molecule is CS(=O)(=O)C1CSCCN1CC(=O)c1ccc(Br)cc1. The van der Waals surface area contributed by atoms with Crippen molar-refractivity contribution in [3.05, 3.63) is 34.3 Å². The Balaban J connectivity index is 2.11. The summed E-state index contributed by atoms with van der Waals surface area (Å²) < 4.78 is 24.5. The van der Waals surface area contributed by atoms with Crippen molar-refractivity contribution in [2.75, 3.05) is 30.9 Å². The van der Waals surface area contributed by atoms with E-state index < -0.39 is 15.2 Å². The molecule has 0 spiro atoms. The lowest BCUT2D eigenvalue weighted by Gasteiger charge is -2.33. The summed E-state index contributed by atoms with van der Waals surface area (Å²) in [5.41, 5.74) is 0.610. The number of nitrogens with zero attached hydrogens (tertiary/aromatic N) is 1. The van der Waals surface area contributed by atoms with Crippen molar-refractivity contribution in [3.63, 3.8) is 0 Å². The van der Waals surface area contributed by atoms with Crippen LogP contribution in [0.25, 0.3) is 0 Å². The molecule has 0 aromatic heterocycles. The highest BCUT2D eigenvalue weighted by molar-refractivity contribution is 9.10. The summed E-state index contributed by atoms with van der Waals surface area (Å²) in [4.78, 5) is 14.0. The zero-order valence-corrected chi connectivity index (χ0v) is 14.3. The number of halogens is 1. The van der Waals surface area contributed by atoms with Crippen molar-refractivity contribution in [2.45, 2.75) is 5.37 Å². The van der Waals surface area contributed by atoms with Gasteiger partial charge in [0.25, 0.3) is 0 Å². The second-order valence-corrected chi connectivity index (χ2v) is 9.03. The maximum absolute atomic E-state index is 12.2. The molecule has 7 heteroatoms. The van der Waals surface area contributed by atoms with Gasteiger partial charge in [0.2, 0.25) is 0 Å². The van der Waals surface area contributed by atoms with Crippen molar-refractivity contribution in [1.29, 1.82) is 0 Å². The summed E-state index contributed by atoms with van der Waals surface area (Å²) in [5, 5.41) is -0.555. The molecule has 1 aliphatic rings. The van der Waals surface area contributed by atoms with E-state index in [1.165, 1.54) is 6.26 Å². The van der Waals surface area contributed by atoms with Crippen LogP contribution >= 0.6 is 27.7 Å². The summed E-state index contributed by atoms with van der Waals surface area (Å²) in [5.74, 6) is 1.35. The third-order valence-electron chi connectivity index (χ3n) is 3.20. The lowest BCUT2D eigenvalue weighted by atomic mass is 10.1. The van der Waals surface area contributed by atoms with Gasteiger partial charge < -0.3 is 0 Å². The summed E-state index contributed by atoms with van der Waals surface area (Å²) >= 11 is 4.95. The van der Waals surface area contributed by atoms with Gasteiger partial charge in [0.15, 0.2) is 15.6 Å². The van der Waals surface area contributed by atoms with Gasteiger partial charge in [0, 0.05) is 34.3 Å². The zero-order valence-electron chi connectivity index (χ0n) is 11.1. The van der Waals surface area contributed by atoms with E-state index in [0.29, 0.717) is 17.9 Å². The Morgan fingerprint density at radius 2 is 2.05 bits per heavy atom. The Morgan fingerprint density at radius 1 is 1.40 bits per heavy atom. The van der Waals surface area contributed by atoms with Crippen molar-refractivity contribution < 1.29 is 13.2 Å². The maximum Gasteiger partial charge on any atom is 0.176 e. The number of ketones is 1. The monoisotopic (exact) mass is 377 g/mol. The van der Waals surface area contributed by atoms with Gasteiger partial charge in [-0.15, -0.1) is 0 Å². The first-order chi connectivity index (χ1) is 9.38. The third-order valence-corrected chi connectivity index (χ3v) is 6.41. The number of sulfone groups is 1. The van der Waals surface area contributed by atoms with Crippen LogP contribution in [-0.2, 0) is 9.84 Å². The number of hydrogen-bond acceptors (Lipinski definition) is 5. The Morgan fingerprint density at radius 3 is 2.65 bits per heavy atom. The standard InChI is InChI=1S/C13H16BrNO3S2/c1-20(17,18)13-9-19-7-6-15(13)8-12(16)10-2-4-11(14)5-3-10/h2-5,13H,6-9H2,1H3. The first kappa shape index (κ1) is 16.0. The van der Waals surface area contributed by atoms with Gasteiger partial charge >= 0.3 is 0 Å². The molecule has 1 aromatic carbocycles. The van der Waals surface area contributed by atoms with Crippen LogP contribution in [0.3, 0.4) is 0 Å². The van der Waals surface area contributed by atoms with Crippen LogP contribution in [0.15, 0.2) is 28.7 Å². The summed E-state index contributed by atoms with van der Waals surface area (Å²) in [6.45, 7) is 0.782. The molecule has 1 aromatic rings. The molecule has 1 atom stereocenters. The minimum Gasteiger partial charge on any atom is -0.293 e. The van der Waals surface area contributed by atoms with Gasteiger partial charge in [0.05, 0.1) is 6.54 Å². The van der Waals surface area contributed by atoms with Crippen molar-refractivity contribution in [3.8, 4) is 0 Å². The average molecular weight is 378 g/mol. The lowest BCUT2D eigenvalue weighted by molar-refractivity contribution is 0.0928. The van der Waals surface area contributed by atoms with Crippen LogP contribution in [0.1, 0.15) is 10.4 Å². The van der Waals surface area contributed by atoms with Crippen LogP contribution in [-0.4, -0.2) is 55.3 Å². The van der Waals surface area contributed by atoms with E-state index in [1.807, 2.05) is 12.1 Å². The molecule has 1 aliphatic heterocycles. The van der Waals surface area contributed by atoms with Gasteiger partial charge in [-0.3, -0.25) is 9.69 Å². The van der Waals surface area contributed by atoms with E-state index in [1.54, 1.807) is 28.8 Å². The van der Waals surface area contributed by atoms with Crippen LogP contribution in [0.5, 0.6) is 0 Å². The smallest absolute Gasteiger partial charge is 0.176 e. The molecular formula is C13H16BrNO3S2. The molecule has 1 fully saturated rings. The van der Waals surface area contributed by atoms with Gasteiger partial charge in [-0.2, -0.15) is 11.8 Å². The minimum atomic E-state index is -3.16. The molecule has 110 valence electrons. The predicted octanol–water partition coefficient (Wildman–Crippen LogP) is 2.05. The fraction of sp³-hybridized carbons (Fsp3) is 0.462. The minimum absolute atomic E-state index is 0.0435. The first-order valence-electron chi connectivity index (χ1n) is 6.17. The van der Waals surface area contributed by atoms with E-state index in [0.717, 1.165) is 10.2 Å². The van der Waals surface area contributed by atoms with Crippen molar-refractivity contribution in [2.24, 2.45) is 0 Å². The molecule has 0 amide bonds. The Hall–Kier alpha value is -0.370. The van der Waals surface area contributed by atoms with E-state index in [-0.39, 0.29) is 12.3 Å². The molecule has 1 unspecified atom stereocenters. The Labute approximate surface area is 132 Å². The van der Waals surface area contributed by atoms with Crippen LogP contribution in [0.4, 0.5) is 0 Å². The molecule has 0 bridgehead atoms. The van der Waals surface area contributed by atoms with Gasteiger partial charge in [-0.1, -0.05) is 28.1 Å².